The van der Waals surface area contributed by atoms with Crippen LogP contribution in [0.5, 0.6) is 11.5 Å². The second-order valence-electron chi connectivity index (χ2n) is 5.94. The molecule has 0 saturated carbocycles. The van der Waals surface area contributed by atoms with E-state index in [1.807, 2.05) is 0 Å². The second kappa shape index (κ2) is 6.49. The Bertz CT molecular complexity index is 805. The van der Waals surface area contributed by atoms with Crippen molar-refractivity contribution in [1.82, 2.24) is 0 Å². The molecule has 8 heteroatoms. The third-order valence-corrected chi connectivity index (χ3v) is 4.21. The van der Waals surface area contributed by atoms with Crippen LogP contribution in [-0.4, -0.2) is 62.2 Å². The number of aliphatic hydroxyl groups excluding tert-OH is 3. The number of ether oxygens (including phenoxy) is 2. The molecule has 0 amide bonds. The first-order chi connectivity index (χ1) is 11.8. The topological polar surface area (TPSA) is 137 Å². The number of carboxylic acids is 1. The average Bonchev–Trinajstić information content (AvgIpc) is 2.58. The first-order valence-electron chi connectivity index (χ1n) is 7.61. The zero-order valence-corrected chi connectivity index (χ0v) is 13.2. The van der Waals surface area contributed by atoms with Crippen molar-refractivity contribution >= 4 is 16.7 Å². The van der Waals surface area contributed by atoms with Crippen LogP contribution in [0.2, 0.25) is 0 Å². The van der Waals surface area contributed by atoms with Crippen molar-refractivity contribution in [2.24, 2.45) is 0 Å². The predicted octanol–water partition coefficient (Wildman–Crippen LogP) is 0.125. The maximum absolute atomic E-state index is 11.2. The number of rotatable bonds is 3. The Balaban J connectivity index is 1.99. The van der Waals surface area contributed by atoms with E-state index in [4.69, 9.17) is 14.6 Å². The van der Waals surface area contributed by atoms with Gasteiger partial charge in [-0.1, -0.05) is 24.3 Å². The van der Waals surface area contributed by atoms with Crippen molar-refractivity contribution < 1.29 is 39.8 Å². The van der Waals surface area contributed by atoms with Crippen molar-refractivity contribution in [3.05, 3.63) is 35.9 Å². The number of benzene rings is 2. The molecule has 3 rings (SSSR count). The van der Waals surface area contributed by atoms with Gasteiger partial charge in [0, 0.05) is 10.8 Å². The van der Waals surface area contributed by atoms with Gasteiger partial charge in [0.15, 0.2) is 6.10 Å². The summed E-state index contributed by atoms with van der Waals surface area (Å²) in [6.45, 7) is 1.66. The maximum Gasteiger partial charge on any atom is 0.335 e. The van der Waals surface area contributed by atoms with Crippen LogP contribution < -0.4 is 4.74 Å². The lowest BCUT2D eigenvalue weighted by atomic mass is 9.99. The molecule has 1 saturated heterocycles. The molecule has 5 atom stereocenters. The van der Waals surface area contributed by atoms with Gasteiger partial charge in [0.1, 0.15) is 29.8 Å². The van der Waals surface area contributed by atoms with E-state index in [0.29, 0.717) is 16.3 Å². The molecule has 0 radical (unpaired) electrons. The van der Waals surface area contributed by atoms with Gasteiger partial charge in [-0.2, -0.15) is 0 Å². The molecule has 134 valence electrons. The van der Waals surface area contributed by atoms with Crippen molar-refractivity contribution in [3.63, 3.8) is 0 Å². The molecule has 0 aliphatic carbocycles. The summed E-state index contributed by atoms with van der Waals surface area (Å²) in [5, 5.41) is 49.8. The first-order valence-corrected chi connectivity index (χ1v) is 7.61. The van der Waals surface area contributed by atoms with Crippen LogP contribution in [0.1, 0.15) is 5.56 Å². The van der Waals surface area contributed by atoms with E-state index in [9.17, 15) is 25.2 Å². The number of hydrogen-bond donors (Lipinski definition) is 5. The Hall–Kier alpha value is -2.39. The van der Waals surface area contributed by atoms with E-state index in [1.54, 1.807) is 31.2 Å². The van der Waals surface area contributed by atoms with E-state index < -0.39 is 36.7 Å². The third kappa shape index (κ3) is 3.00. The lowest BCUT2D eigenvalue weighted by Gasteiger charge is -2.38. The summed E-state index contributed by atoms with van der Waals surface area (Å²) in [6, 6.07) is 8.28. The van der Waals surface area contributed by atoms with Crippen molar-refractivity contribution in [3.8, 4) is 11.5 Å². The summed E-state index contributed by atoms with van der Waals surface area (Å²) in [6.07, 6.45) is -8.44. The van der Waals surface area contributed by atoms with E-state index in [-0.39, 0.29) is 11.5 Å². The molecule has 0 spiro atoms. The van der Waals surface area contributed by atoms with E-state index in [2.05, 4.69) is 0 Å². The van der Waals surface area contributed by atoms with Gasteiger partial charge < -0.3 is 35.0 Å². The first kappa shape index (κ1) is 17.4. The molecular formula is C17H18O8. The van der Waals surface area contributed by atoms with Crippen LogP contribution in [0.25, 0.3) is 10.8 Å². The molecular weight excluding hydrogens is 332 g/mol. The molecule has 0 aromatic heterocycles. The van der Waals surface area contributed by atoms with Gasteiger partial charge in [0.05, 0.1) is 0 Å². The number of phenols is 1. The molecule has 0 bridgehead atoms. The standard InChI is InChI=1S/C17H18O8/c1-7-6-10(18)8-4-2-3-5-9(8)14(7)24-17-13(21)11(19)12(20)15(25-17)16(22)23/h2-6,11-13,15,17-21H,1H3,(H,22,23)/t11-,12-,13+,15-,17+/m0/s1. The number of phenolic OH excluding ortho intramolecular Hbond substituents is 1. The highest BCUT2D eigenvalue weighted by Gasteiger charge is 2.48. The number of aromatic hydroxyl groups is 1. The minimum Gasteiger partial charge on any atom is -0.507 e. The molecule has 2 aromatic carbocycles. The second-order valence-corrected chi connectivity index (χ2v) is 5.94. The third-order valence-electron chi connectivity index (χ3n) is 4.21. The summed E-state index contributed by atoms with van der Waals surface area (Å²) in [5.41, 5.74) is 0.527. The van der Waals surface area contributed by atoms with Crippen LogP contribution in [0, 0.1) is 6.92 Å². The Kier molecular flexibility index (Phi) is 4.53. The Morgan fingerprint density at radius 2 is 1.72 bits per heavy atom. The predicted molar refractivity (Wildman–Crippen MR) is 85.3 cm³/mol. The normalized spacial score (nSPS) is 29.5. The fourth-order valence-electron chi connectivity index (χ4n) is 2.89. The van der Waals surface area contributed by atoms with E-state index in [0.717, 1.165) is 0 Å². The van der Waals surface area contributed by atoms with Gasteiger partial charge >= 0.3 is 5.97 Å². The Morgan fingerprint density at radius 3 is 2.36 bits per heavy atom. The summed E-state index contributed by atoms with van der Waals surface area (Å²) >= 11 is 0. The average molecular weight is 350 g/mol. The quantitative estimate of drug-likeness (QED) is 0.527. The Labute approximate surface area is 142 Å². The number of hydrogen-bond acceptors (Lipinski definition) is 7. The van der Waals surface area contributed by atoms with Crippen LogP contribution in [0.15, 0.2) is 30.3 Å². The highest BCUT2D eigenvalue weighted by Crippen LogP contribution is 2.37. The molecule has 25 heavy (non-hydrogen) atoms. The molecule has 1 heterocycles. The highest BCUT2D eigenvalue weighted by molar-refractivity contribution is 5.94. The van der Waals surface area contributed by atoms with Crippen molar-refractivity contribution in [1.29, 1.82) is 0 Å². The molecule has 8 nitrogen and oxygen atoms in total. The zero-order chi connectivity index (χ0) is 18.3. The van der Waals surface area contributed by atoms with Gasteiger partial charge in [-0.15, -0.1) is 0 Å². The maximum atomic E-state index is 11.2. The number of aliphatic carboxylic acids is 1. The SMILES string of the molecule is Cc1cc(O)c2ccccc2c1O[C@@H]1O[C@H](C(=O)O)[C@@H](O)[C@H](O)[C@H]1O. The van der Waals surface area contributed by atoms with Gasteiger partial charge in [-0.05, 0) is 18.6 Å². The summed E-state index contributed by atoms with van der Waals surface area (Å²) < 4.78 is 10.8. The molecule has 1 aliphatic rings. The van der Waals surface area contributed by atoms with Crippen LogP contribution in [-0.2, 0) is 9.53 Å². The molecule has 0 unspecified atom stereocenters. The minimum absolute atomic E-state index is 0.0458. The van der Waals surface area contributed by atoms with Gasteiger partial charge in [0.25, 0.3) is 0 Å². The van der Waals surface area contributed by atoms with Crippen molar-refractivity contribution in [2.75, 3.05) is 0 Å². The minimum atomic E-state index is -1.79. The number of carboxylic acid groups (broad SMARTS) is 1. The number of aliphatic hydroxyl groups is 3. The largest absolute Gasteiger partial charge is 0.507 e. The van der Waals surface area contributed by atoms with Crippen LogP contribution in [0.4, 0.5) is 0 Å². The van der Waals surface area contributed by atoms with Gasteiger partial charge in [-0.25, -0.2) is 4.79 Å². The highest BCUT2D eigenvalue weighted by atomic mass is 16.7. The number of carbonyl (C=O) groups is 1. The summed E-state index contributed by atoms with van der Waals surface area (Å²) in [7, 11) is 0. The Morgan fingerprint density at radius 1 is 1.08 bits per heavy atom. The molecule has 1 aliphatic heterocycles. The number of fused-ring (bicyclic) bond motifs is 1. The fraction of sp³-hybridized carbons (Fsp3) is 0.353. The monoisotopic (exact) mass is 350 g/mol. The zero-order valence-electron chi connectivity index (χ0n) is 13.2. The van der Waals surface area contributed by atoms with Crippen LogP contribution >= 0.6 is 0 Å². The molecule has 2 aromatic rings. The van der Waals surface area contributed by atoms with E-state index in [1.165, 1.54) is 6.07 Å². The molecule has 1 fully saturated rings. The van der Waals surface area contributed by atoms with Crippen LogP contribution in [0.3, 0.4) is 0 Å². The summed E-state index contributed by atoms with van der Waals surface area (Å²) in [4.78, 5) is 11.2. The fourth-order valence-corrected chi connectivity index (χ4v) is 2.89. The van der Waals surface area contributed by atoms with Gasteiger partial charge in [0.2, 0.25) is 6.29 Å². The van der Waals surface area contributed by atoms with E-state index >= 15 is 0 Å². The number of aryl methyl sites for hydroxylation is 1. The van der Waals surface area contributed by atoms with Crippen molar-refractivity contribution in [2.45, 2.75) is 37.6 Å². The van der Waals surface area contributed by atoms with Gasteiger partial charge in [-0.3, -0.25) is 0 Å². The molecule has 5 N–H and O–H groups in total. The summed E-state index contributed by atoms with van der Waals surface area (Å²) in [5.74, 6) is -1.17. The lowest BCUT2D eigenvalue weighted by molar-refractivity contribution is -0.271. The smallest absolute Gasteiger partial charge is 0.335 e. The lowest BCUT2D eigenvalue weighted by Crippen LogP contribution is -2.61.